The first-order valence-corrected chi connectivity index (χ1v) is 7.52. The minimum Gasteiger partial charge on any atom is -0.468 e. The SMILES string of the molecule is COC(=O)CN1CCN(C(=O)c2cccc(I)c2)CC1. The zero-order chi connectivity index (χ0) is 14.5. The lowest BCUT2D eigenvalue weighted by molar-refractivity contribution is -0.142. The van der Waals surface area contributed by atoms with Crippen molar-refractivity contribution in [3.05, 3.63) is 33.4 Å². The van der Waals surface area contributed by atoms with Crippen LogP contribution in [0.1, 0.15) is 10.4 Å². The van der Waals surface area contributed by atoms with Crippen LogP contribution in [0.3, 0.4) is 0 Å². The number of carbonyl (C=O) groups excluding carboxylic acids is 2. The Bertz CT molecular complexity index is 499. The van der Waals surface area contributed by atoms with Gasteiger partial charge in [0.2, 0.25) is 0 Å². The van der Waals surface area contributed by atoms with E-state index in [1.807, 2.05) is 34.1 Å². The number of ether oxygens (including phenoxy) is 1. The van der Waals surface area contributed by atoms with Crippen molar-refractivity contribution in [3.63, 3.8) is 0 Å². The van der Waals surface area contributed by atoms with Gasteiger partial charge in [-0.1, -0.05) is 6.07 Å². The lowest BCUT2D eigenvalue weighted by Crippen LogP contribution is -2.50. The zero-order valence-electron chi connectivity index (χ0n) is 11.3. The summed E-state index contributed by atoms with van der Waals surface area (Å²) in [5, 5.41) is 0. The van der Waals surface area contributed by atoms with Gasteiger partial charge in [0.05, 0.1) is 13.7 Å². The molecule has 0 saturated carbocycles. The van der Waals surface area contributed by atoms with E-state index < -0.39 is 0 Å². The molecule has 1 aromatic carbocycles. The fourth-order valence-corrected chi connectivity index (χ4v) is 2.70. The van der Waals surface area contributed by atoms with Crippen LogP contribution in [0.25, 0.3) is 0 Å². The summed E-state index contributed by atoms with van der Waals surface area (Å²) in [4.78, 5) is 27.4. The maximum Gasteiger partial charge on any atom is 0.319 e. The van der Waals surface area contributed by atoms with Crippen LogP contribution in [0.4, 0.5) is 0 Å². The van der Waals surface area contributed by atoms with Crippen LogP contribution in [0.5, 0.6) is 0 Å². The molecule has 1 aliphatic rings. The Hall–Kier alpha value is -1.15. The number of methoxy groups -OCH3 is 1. The first-order chi connectivity index (χ1) is 9.60. The maximum absolute atomic E-state index is 12.3. The Kier molecular flexibility index (Phi) is 5.36. The van der Waals surface area contributed by atoms with Crippen molar-refractivity contribution in [2.45, 2.75) is 0 Å². The Morgan fingerprint density at radius 2 is 1.95 bits per heavy atom. The number of hydrogen-bond donors (Lipinski definition) is 0. The highest BCUT2D eigenvalue weighted by atomic mass is 127. The summed E-state index contributed by atoms with van der Waals surface area (Å²) in [5.74, 6) is -0.177. The molecule has 5 nitrogen and oxygen atoms in total. The quantitative estimate of drug-likeness (QED) is 0.578. The normalized spacial score (nSPS) is 16.0. The van der Waals surface area contributed by atoms with Gasteiger partial charge in [0.15, 0.2) is 0 Å². The molecule has 0 aliphatic carbocycles. The van der Waals surface area contributed by atoms with Gasteiger partial charge >= 0.3 is 5.97 Å². The average molecular weight is 388 g/mol. The predicted octanol–water partition coefficient (Wildman–Crippen LogP) is 1.22. The molecule has 1 fully saturated rings. The summed E-state index contributed by atoms with van der Waals surface area (Å²) in [6, 6.07) is 7.59. The van der Waals surface area contributed by atoms with Gasteiger partial charge in [-0.05, 0) is 40.8 Å². The van der Waals surface area contributed by atoms with Crippen LogP contribution in [0.15, 0.2) is 24.3 Å². The van der Waals surface area contributed by atoms with E-state index in [-0.39, 0.29) is 11.9 Å². The van der Waals surface area contributed by atoms with Gasteiger partial charge in [0.25, 0.3) is 5.91 Å². The number of piperazine rings is 1. The summed E-state index contributed by atoms with van der Waals surface area (Å²) >= 11 is 2.20. The van der Waals surface area contributed by atoms with Crippen molar-refractivity contribution in [1.29, 1.82) is 0 Å². The highest BCUT2D eigenvalue weighted by molar-refractivity contribution is 14.1. The number of carbonyl (C=O) groups is 2. The number of rotatable bonds is 3. The molecule has 1 saturated heterocycles. The molecule has 20 heavy (non-hydrogen) atoms. The van der Waals surface area contributed by atoms with Crippen molar-refractivity contribution < 1.29 is 14.3 Å². The number of benzene rings is 1. The summed E-state index contributed by atoms with van der Waals surface area (Å²) in [7, 11) is 1.39. The van der Waals surface area contributed by atoms with Gasteiger partial charge in [-0.3, -0.25) is 14.5 Å². The van der Waals surface area contributed by atoms with Crippen LogP contribution in [-0.4, -0.2) is 61.5 Å². The van der Waals surface area contributed by atoms with E-state index in [0.29, 0.717) is 32.7 Å². The van der Waals surface area contributed by atoms with Gasteiger partial charge < -0.3 is 9.64 Å². The average Bonchev–Trinajstić information content (AvgIpc) is 2.47. The van der Waals surface area contributed by atoms with Crippen molar-refractivity contribution in [2.75, 3.05) is 39.8 Å². The highest BCUT2D eigenvalue weighted by Crippen LogP contribution is 2.12. The molecule has 1 aromatic rings. The van der Waals surface area contributed by atoms with E-state index in [1.165, 1.54) is 7.11 Å². The number of esters is 1. The predicted molar refractivity (Wildman–Crippen MR) is 83.5 cm³/mol. The topological polar surface area (TPSA) is 49.9 Å². The molecule has 6 heteroatoms. The molecule has 0 unspecified atom stereocenters. The number of halogens is 1. The molecule has 108 valence electrons. The van der Waals surface area contributed by atoms with Crippen LogP contribution in [0.2, 0.25) is 0 Å². The standard InChI is InChI=1S/C14H17IN2O3/c1-20-13(18)10-16-5-7-17(8-6-16)14(19)11-3-2-4-12(15)9-11/h2-4,9H,5-8,10H2,1H3. The highest BCUT2D eigenvalue weighted by Gasteiger charge is 2.23. The number of nitrogens with zero attached hydrogens (tertiary/aromatic N) is 2. The summed E-state index contributed by atoms with van der Waals surface area (Å²) in [6.07, 6.45) is 0. The minimum atomic E-state index is -0.234. The molecule has 0 aromatic heterocycles. The van der Waals surface area contributed by atoms with Crippen molar-refractivity contribution in [3.8, 4) is 0 Å². The third-order valence-electron chi connectivity index (χ3n) is 3.31. The maximum atomic E-state index is 12.3. The Balaban J connectivity index is 1.90. The van der Waals surface area contributed by atoms with E-state index >= 15 is 0 Å². The molecular weight excluding hydrogens is 371 g/mol. The molecule has 2 rings (SSSR count). The van der Waals surface area contributed by atoms with Gasteiger partial charge in [-0.15, -0.1) is 0 Å². The molecule has 1 heterocycles. The van der Waals surface area contributed by atoms with Gasteiger partial charge in [-0.25, -0.2) is 0 Å². The van der Waals surface area contributed by atoms with Gasteiger partial charge in [0, 0.05) is 35.3 Å². The molecule has 1 amide bonds. The van der Waals surface area contributed by atoms with Crippen LogP contribution < -0.4 is 0 Å². The van der Waals surface area contributed by atoms with E-state index in [1.54, 1.807) is 0 Å². The lowest BCUT2D eigenvalue weighted by atomic mass is 10.2. The zero-order valence-corrected chi connectivity index (χ0v) is 13.5. The molecule has 0 radical (unpaired) electrons. The fraction of sp³-hybridized carbons (Fsp3) is 0.429. The second-order valence-electron chi connectivity index (χ2n) is 4.65. The van der Waals surface area contributed by atoms with Crippen LogP contribution in [-0.2, 0) is 9.53 Å². The van der Waals surface area contributed by atoms with Crippen molar-refractivity contribution >= 4 is 34.5 Å². The van der Waals surface area contributed by atoms with E-state index in [9.17, 15) is 9.59 Å². The number of amides is 1. The molecule has 0 N–H and O–H groups in total. The Morgan fingerprint density at radius 3 is 2.55 bits per heavy atom. The van der Waals surface area contributed by atoms with E-state index in [4.69, 9.17) is 0 Å². The first kappa shape index (κ1) is 15.2. The third kappa shape index (κ3) is 3.92. The van der Waals surface area contributed by atoms with Crippen LogP contribution in [0, 0.1) is 3.57 Å². The van der Waals surface area contributed by atoms with Crippen molar-refractivity contribution in [2.24, 2.45) is 0 Å². The van der Waals surface area contributed by atoms with E-state index in [2.05, 4.69) is 27.3 Å². The molecule has 0 atom stereocenters. The monoisotopic (exact) mass is 388 g/mol. The van der Waals surface area contributed by atoms with Gasteiger partial charge in [0.1, 0.15) is 0 Å². The molecular formula is C14H17IN2O3. The largest absolute Gasteiger partial charge is 0.468 e. The third-order valence-corrected chi connectivity index (χ3v) is 3.98. The number of hydrogen-bond acceptors (Lipinski definition) is 4. The Morgan fingerprint density at radius 1 is 1.25 bits per heavy atom. The molecule has 1 aliphatic heterocycles. The fourth-order valence-electron chi connectivity index (χ4n) is 2.16. The second kappa shape index (κ2) is 7.03. The summed E-state index contributed by atoms with van der Waals surface area (Å²) in [5.41, 5.74) is 0.721. The molecule has 0 bridgehead atoms. The van der Waals surface area contributed by atoms with Crippen molar-refractivity contribution in [1.82, 2.24) is 9.80 Å². The first-order valence-electron chi connectivity index (χ1n) is 6.44. The minimum absolute atomic E-state index is 0.0567. The second-order valence-corrected chi connectivity index (χ2v) is 5.90. The summed E-state index contributed by atoms with van der Waals surface area (Å²) in [6.45, 7) is 2.97. The molecule has 0 spiro atoms. The summed E-state index contributed by atoms with van der Waals surface area (Å²) < 4.78 is 5.70. The lowest BCUT2D eigenvalue weighted by Gasteiger charge is -2.34. The Labute approximate surface area is 132 Å². The van der Waals surface area contributed by atoms with E-state index in [0.717, 1.165) is 9.13 Å². The van der Waals surface area contributed by atoms with Gasteiger partial charge in [-0.2, -0.15) is 0 Å². The van der Waals surface area contributed by atoms with Crippen LogP contribution >= 0.6 is 22.6 Å². The smallest absolute Gasteiger partial charge is 0.319 e.